The fraction of sp³-hybridized carbons (Fsp3) is 0.267. The standard InChI is InChI=1S/C30H30ClN3O2/c1-21(23-7-3-2-4-8-23)32-29(35)24-15-17-33(18-16-24)30(36)28-19-25-9-5-6-10-27(25)34(28)20-22-11-13-26(31)14-12-22/h2-14,19,21,24H,15-18,20H2,1H3,(H,32,35)/t21-/m0/s1. The number of hydrogen-bond donors (Lipinski definition) is 1. The molecule has 1 saturated heterocycles. The Morgan fingerprint density at radius 3 is 2.33 bits per heavy atom. The number of aromatic nitrogens is 1. The Hall–Kier alpha value is -3.57. The third kappa shape index (κ3) is 5.17. The lowest BCUT2D eigenvalue weighted by Gasteiger charge is -2.32. The number of nitrogens with one attached hydrogen (secondary N) is 1. The summed E-state index contributed by atoms with van der Waals surface area (Å²) in [6.07, 6.45) is 1.33. The Labute approximate surface area is 216 Å². The third-order valence-corrected chi connectivity index (χ3v) is 7.35. The number of carbonyl (C=O) groups excluding carboxylic acids is 2. The van der Waals surface area contributed by atoms with E-state index < -0.39 is 0 Å². The van der Waals surface area contributed by atoms with Crippen molar-refractivity contribution < 1.29 is 9.59 Å². The number of piperidine rings is 1. The maximum Gasteiger partial charge on any atom is 0.270 e. The molecule has 0 unspecified atom stereocenters. The van der Waals surface area contributed by atoms with Crippen molar-refractivity contribution in [3.8, 4) is 0 Å². The Kier molecular flexibility index (Phi) is 7.10. The minimum atomic E-state index is -0.0832. The summed E-state index contributed by atoms with van der Waals surface area (Å²) in [7, 11) is 0. The van der Waals surface area contributed by atoms with Gasteiger partial charge in [-0.15, -0.1) is 0 Å². The maximum absolute atomic E-state index is 13.7. The van der Waals surface area contributed by atoms with Crippen molar-refractivity contribution in [3.63, 3.8) is 0 Å². The van der Waals surface area contributed by atoms with Gasteiger partial charge in [0.25, 0.3) is 5.91 Å². The van der Waals surface area contributed by atoms with Gasteiger partial charge in [-0.1, -0.05) is 72.3 Å². The summed E-state index contributed by atoms with van der Waals surface area (Å²) in [5, 5.41) is 4.88. The first-order chi connectivity index (χ1) is 17.5. The van der Waals surface area contributed by atoms with Crippen LogP contribution in [0.1, 0.15) is 47.4 Å². The Bertz CT molecular complexity index is 1360. The second-order valence-corrected chi connectivity index (χ2v) is 9.94. The van der Waals surface area contributed by atoms with Gasteiger partial charge in [0.1, 0.15) is 5.69 Å². The van der Waals surface area contributed by atoms with Crippen LogP contribution in [-0.2, 0) is 11.3 Å². The number of carbonyl (C=O) groups is 2. The molecule has 184 valence electrons. The van der Waals surface area contributed by atoms with Crippen LogP contribution < -0.4 is 5.32 Å². The summed E-state index contributed by atoms with van der Waals surface area (Å²) in [6, 6.07) is 27.7. The summed E-state index contributed by atoms with van der Waals surface area (Å²) in [5.41, 5.74) is 3.87. The van der Waals surface area contributed by atoms with E-state index in [1.807, 2.05) is 96.8 Å². The van der Waals surface area contributed by atoms with Crippen molar-refractivity contribution in [2.75, 3.05) is 13.1 Å². The van der Waals surface area contributed by atoms with Crippen LogP contribution >= 0.6 is 11.6 Å². The van der Waals surface area contributed by atoms with E-state index in [2.05, 4.69) is 9.88 Å². The monoisotopic (exact) mass is 499 g/mol. The number of benzene rings is 3. The van der Waals surface area contributed by atoms with Crippen molar-refractivity contribution in [1.29, 1.82) is 0 Å². The van der Waals surface area contributed by atoms with Gasteiger partial charge in [-0.2, -0.15) is 0 Å². The first kappa shape index (κ1) is 24.1. The van der Waals surface area contributed by atoms with Crippen LogP contribution in [0.4, 0.5) is 0 Å². The van der Waals surface area contributed by atoms with Gasteiger partial charge in [0.15, 0.2) is 0 Å². The molecule has 0 aliphatic carbocycles. The van der Waals surface area contributed by atoms with Gasteiger partial charge in [0.2, 0.25) is 5.91 Å². The zero-order valence-corrected chi connectivity index (χ0v) is 21.1. The highest BCUT2D eigenvalue weighted by atomic mass is 35.5. The number of para-hydroxylation sites is 1. The van der Waals surface area contributed by atoms with Crippen molar-refractivity contribution in [3.05, 3.63) is 107 Å². The minimum Gasteiger partial charge on any atom is -0.349 e. The fourth-order valence-corrected chi connectivity index (χ4v) is 5.12. The molecule has 1 aliphatic rings. The zero-order valence-electron chi connectivity index (χ0n) is 20.4. The molecular formula is C30H30ClN3O2. The number of nitrogens with zero attached hydrogens (tertiary/aromatic N) is 2. The van der Waals surface area contributed by atoms with E-state index in [4.69, 9.17) is 11.6 Å². The molecular weight excluding hydrogens is 470 g/mol. The van der Waals surface area contributed by atoms with E-state index in [0.717, 1.165) is 22.0 Å². The van der Waals surface area contributed by atoms with E-state index in [-0.39, 0.29) is 23.8 Å². The summed E-state index contributed by atoms with van der Waals surface area (Å²) in [4.78, 5) is 28.4. The average molecular weight is 500 g/mol. The molecule has 3 aromatic carbocycles. The van der Waals surface area contributed by atoms with Gasteiger partial charge in [-0.25, -0.2) is 0 Å². The quantitative estimate of drug-likeness (QED) is 0.350. The largest absolute Gasteiger partial charge is 0.349 e. The average Bonchev–Trinajstić information content (AvgIpc) is 3.28. The van der Waals surface area contributed by atoms with Crippen molar-refractivity contribution >= 4 is 34.3 Å². The molecule has 2 heterocycles. The minimum absolute atomic E-state index is 0.0108. The maximum atomic E-state index is 13.7. The van der Waals surface area contributed by atoms with Crippen LogP contribution in [-0.4, -0.2) is 34.4 Å². The molecule has 5 rings (SSSR count). The summed E-state index contributed by atoms with van der Waals surface area (Å²) in [6.45, 7) is 3.73. The molecule has 0 saturated carbocycles. The highest BCUT2D eigenvalue weighted by Crippen LogP contribution is 2.26. The molecule has 2 amide bonds. The topological polar surface area (TPSA) is 54.3 Å². The summed E-state index contributed by atoms with van der Waals surface area (Å²) in [5.74, 6) is -0.00730. The molecule has 5 nitrogen and oxygen atoms in total. The number of fused-ring (bicyclic) bond motifs is 1. The van der Waals surface area contributed by atoms with E-state index in [0.29, 0.717) is 43.2 Å². The second kappa shape index (κ2) is 10.6. The van der Waals surface area contributed by atoms with E-state index in [1.165, 1.54) is 0 Å². The molecule has 1 aliphatic heterocycles. The number of likely N-dealkylation sites (tertiary alicyclic amines) is 1. The van der Waals surface area contributed by atoms with Gasteiger partial charge >= 0.3 is 0 Å². The van der Waals surface area contributed by atoms with E-state index in [1.54, 1.807) is 0 Å². The lowest BCUT2D eigenvalue weighted by atomic mass is 9.95. The van der Waals surface area contributed by atoms with Crippen LogP contribution in [0.2, 0.25) is 5.02 Å². The van der Waals surface area contributed by atoms with Crippen LogP contribution in [0.3, 0.4) is 0 Å². The third-order valence-electron chi connectivity index (χ3n) is 7.09. The van der Waals surface area contributed by atoms with Crippen molar-refractivity contribution in [2.24, 2.45) is 5.92 Å². The van der Waals surface area contributed by atoms with Crippen molar-refractivity contribution in [2.45, 2.75) is 32.4 Å². The smallest absolute Gasteiger partial charge is 0.270 e. The summed E-state index contributed by atoms with van der Waals surface area (Å²) < 4.78 is 2.08. The van der Waals surface area contributed by atoms with Gasteiger partial charge in [-0.05, 0) is 55.2 Å². The molecule has 4 aromatic rings. The Morgan fingerprint density at radius 2 is 1.61 bits per heavy atom. The zero-order chi connectivity index (χ0) is 25.1. The highest BCUT2D eigenvalue weighted by Gasteiger charge is 2.30. The Balaban J connectivity index is 1.28. The lowest BCUT2D eigenvalue weighted by Crippen LogP contribution is -2.43. The molecule has 0 radical (unpaired) electrons. The predicted molar refractivity (Wildman–Crippen MR) is 144 cm³/mol. The normalized spacial score (nSPS) is 15.1. The van der Waals surface area contributed by atoms with Crippen LogP contribution in [0, 0.1) is 5.92 Å². The number of halogens is 1. The van der Waals surface area contributed by atoms with Gasteiger partial charge in [0, 0.05) is 41.5 Å². The van der Waals surface area contributed by atoms with Crippen LogP contribution in [0.25, 0.3) is 10.9 Å². The highest BCUT2D eigenvalue weighted by molar-refractivity contribution is 6.30. The van der Waals surface area contributed by atoms with Crippen LogP contribution in [0.15, 0.2) is 84.9 Å². The van der Waals surface area contributed by atoms with E-state index in [9.17, 15) is 9.59 Å². The predicted octanol–water partition coefficient (Wildman–Crippen LogP) is 6.07. The number of rotatable bonds is 6. The van der Waals surface area contributed by atoms with Crippen molar-refractivity contribution in [1.82, 2.24) is 14.8 Å². The molecule has 1 fully saturated rings. The second-order valence-electron chi connectivity index (χ2n) is 9.51. The molecule has 1 aromatic heterocycles. The van der Waals surface area contributed by atoms with Gasteiger partial charge < -0.3 is 14.8 Å². The lowest BCUT2D eigenvalue weighted by molar-refractivity contribution is -0.127. The fourth-order valence-electron chi connectivity index (χ4n) is 4.99. The number of hydrogen-bond acceptors (Lipinski definition) is 2. The van der Waals surface area contributed by atoms with Crippen LogP contribution in [0.5, 0.6) is 0 Å². The molecule has 6 heteroatoms. The van der Waals surface area contributed by atoms with Gasteiger partial charge in [-0.3, -0.25) is 9.59 Å². The summed E-state index contributed by atoms with van der Waals surface area (Å²) >= 11 is 6.07. The number of amides is 2. The molecule has 36 heavy (non-hydrogen) atoms. The molecule has 0 spiro atoms. The Morgan fingerprint density at radius 1 is 0.944 bits per heavy atom. The molecule has 1 atom stereocenters. The SMILES string of the molecule is C[C@H](NC(=O)C1CCN(C(=O)c2cc3ccccc3n2Cc2ccc(Cl)cc2)CC1)c1ccccc1. The first-order valence-corrected chi connectivity index (χ1v) is 12.8. The first-order valence-electron chi connectivity index (χ1n) is 12.5. The molecule has 1 N–H and O–H groups in total. The van der Waals surface area contributed by atoms with E-state index >= 15 is 0 Å². The molecule has 0 bridgehead atoms. The van der Waals surface area contributed by atoms with Gasteiger partial charge in [0.05, 0.1) is 6.04 Å².